The van der Waals surface area contributed by atoms with E-state index in [1.807, 2.05) is 0 Å². The van der Waals surface area contributed by atoms with Crippen LogP contribution in [0, 0.1) is 6.92 Å². The largest absolute Gasteiger partial charge is 0.416 e. The summed E-state index contributed by atoms with van der Waals surface area (Å²) >= 11 is 0. The standard InChI is InChI=1S/C16H13F3N2O2/c1-9-2-7-12(8-13(9)16(17,18)19)21-15(23)11-5-3-10(4-6-11)14(20)22/h2-8H,1H3,(H2,20,22)(H,21,23). The van der Waals surface area contributed by atoms with Crippen LogP contribution >= 0.6 is 0 Å². The SMILES string of the molecule is Cc1ccc(NC(=O)c2ccc(C(N)=O)cc2)cc1C(F)(F)F. The number of carbonyl (C=O) groups is 2. The Labute approximate surface area is 130 Å². The predicted octanol–water partition coefficient (Wildman–Crippen LogP) is 3.37. The minimum absolute atomic E-state index is 0.0342. The van der Waals surface area contributed by atoms with Gasteiger partial charge in [0.05, 0.1) is 5.56 Å². The summed E-state index contributed by atoms with van der Waals surface area (Å²) in [7, 11) is 0. The number of primary amides is 1. The maximum atomic E-state index is 12.9. The number of benzene rings is 2. The minimum atomic E-state index is -4.49. The van der Waals surface area contributed by atoms with E-state index in [0.29, 0.717) is 0 Å². The van der Waals surface area contributed by atoms with E-state index in [1.54, 1.807) is 0 Å². The van der Waals surface area contributed by atoms with Crippen LogP contribution in [-0.2, 0) is 6.18 Å². The first-order valence-corrected chi connectivity index (χ1v) is 6.57. The van der Waals surface area contributed by atoms with Crippen molar-refractivity contribution >= 4 is 17.5 Å². The van der Waals surface area contributed by atoms with E-state index >= 15 is 0 Å². The van der Waals surface area contributed by atoms with Crippen molar-refractivity contribution in [3.8, 4) is 0 Å². The molecule has 0 saturated carbocycles. The molecular weight excluding hydrogens is 309 g/mol. The number of alkyl halides is 3. The number of carbonyl (C=O) groups excluding carboxylic acids is 2. The molecule has 0 aliphatic rings. The summed E-state index contributed by atoms with van der Waals surface area (Å²) in [6.07, 6.45) is -4.49. The summed E-state index contributed by atoms with van der Waals surface area (Å²) in [6.45, 7) is 1.34. The van der Waals surface area contributed by atoms with Gasteiger partial charge in [-0.2, -0.15) is 13.2 Å². The van der Waals surface area contributed by atoms with E-state index < -0.39 is 23.6 Å². The average molecular weight is 322 g/mol. The molecule has 0 radical (unpaired) electrons. The van der Waals surface area contributed by atoms with E-state index in [4.69, 9.17) is 5.73 Å². The van der Waals surface area contributed by atoms with E-state index in [1.165, 1.54) is 43.3 Å². The highest BCUT2D eigenvalue weighted by molar-refractivity contribution is 6.05. The Morgan fingerprint density at radius 1 is 1.00 bits per heavy atom. The fourth-order valence-corrected chi connectivity index (χ4v) is 1.99. The average Bonchev–Trinajstić information content (AvgIpc) is 2.48. The molecule has 4 nitrogen and oxygen atoms in total. The van der Waals surface area contributed by atoms with Crippen molar-refractivity contribution in [3.63, 3.8) is 0 Å². The molecule has 0 fully saturated rings. The number of nitrogens with one attached hydrogen (secondary N) is 1. The second kappa shape index (κ2) is 6.12. The van der Waals surface area contributed by atoms with Gasteiger partial charge in [-0.15, -0.1) is 0 Å². The number of amides is 2. The molecule has 3 N–H and O–H groups in total. The molecule has 2 aromatic rings. The summed E-state index contributed by atoms with van der Waals surface area (Å²) in [5.41, 5.74) is 4.82. The lowest BCUT2D eigenvalue weighted by Crippen LogP contribution is -2.15. The van der Waals surface area contributed by atoms with Crippen molar-refractivity contribution in [2.45, 2.75) is 13.1 Å². The van der Waals surface area contributed by atoms with Gasteiger partial charge in [0, 0.05) is 16.8 Å². The molecule has 0 spiro atoms. The van der Waals surface area contributed by atoms with Crippen LogP contribution in [0.2, 0.25) is 0 Å². The van der Waals surface area contributed by atoms with Crippen molar-refractivity contribution in [1.29, 1.82) is 0 Å². The molecule has 2 aromatic carbocycles. The number of aryl methyl sites for hydroxylation is 1. The number of halogens is 3. The number of anilines is 1. The van der Waals surface area contributed by atoms with Gasteiger partial charge < -0.3 is 11.1 Å². The molecule has 0 aromatic heterocycles. The number of nitrogens with two attached hydrogens (primary N) is 1. The van der Waals surface area contributed by atoms with Crippen LogP contribution in [-0.4, -0.2) is 11.8 Å². The maximum Gasteiger partial charge on any atom is 0.416 e. The monoisotopic (exact) mass is 322 g/mol. The zero-order chi connectivity index (χ0) is 17.2. The van der Waals surface area contributed by atoms with Gasteiger partial charge in [-0.05, 0) is 48.9 Å². The fourth-order valence-electron chi connectivity index (χ4n) is 1.99. The van der Waals surface area contributed by atoms with Gasteiger partial charge in [0.15, 0.2) is 0 Å². The Morgan fingerprint density at radius 3 is 2.09 bits per heavy atom. The van der Waals surface area contributed by atoms with Crippen molar-refractivity contribution in [2.75, 3.05) is 5.32 Å². The topological polar surface area (TPSA) is 72.2 Å². The third-order valence-corrected chi connectivity index (χ3v) is 3.23. The van der Waals surface area contributed by atoms with Gasteiger partial charge in [-0.25, -0.2) is 0 Å². The molecule has 0 aliphatic carbocycles. The molecule has 0 heterocycles. The zero-order valence-electron chi connectivity index (χ0n) is 12.1. The van der Waals surface area contributed by atoms with E-state index in [-0.39, 0.29) is 22.4 Å². The number of hydrogen-bond acceptors (Lipinski definition) is 2. The normalized spacial score (nSPS) is 11.1. The number of rotatable bonds is 3. The van der Waals surface area contributed by atoms with E-state index in [9.17, 15) is 22.8 Å². The van der Waals surface area contributed by atoms with Crippen LogP contribution in [0.25, 0.3) is 0 Å². The molecule has 2 rings (SSSR count). The molecule has 0 unspecified atom stereocenters. The Morgan fingerprint density at radius 2 is 1.57 bits per heavy atom. The minimum Gasteiger partial charge on any atom is -0.366 e. The summed E-state index contributed by atoms with van der Waals surface area (Å²) in [6, 6.07) is 9.03. The van der Waals surface area contributed by atoms with Gasteiger partial charge >= 0.3 is 6.18 Å². The van der Waals surface area contributed by atoms with Crippen molar-refractivity contribution in [1.82, 2.24) is 0 Å². The molecule has 0 atom stereocenters. The predicted molar refractivity (Wildman–Crippen MR) is 79.1 cm³/mol. The Bertz CT molecular complexity index is 753. The summed E-state index contributed by atoms with van der Waals surface area (Å²) in [5, 5.41) is 2.39. The first-order valence-electron chi connectivity index (χ1n) is 6.57. The fraction of sp³-hybridized carbons (Fsp3) is 0.125. The van der Waals surface area contributed by atoms with Crippen molar-refractivity contribution in [3.05, 3.63) is 64.7 Å². The molecule has 0 bridgehead atoms. The summed E-state index contributed by atoms with van der Waals surface area (Å²) in [4.78, 5) is 23.0. The van der Waals surface area contributed by atoms with Gasteiger partial charge in [0.25, 0.3) is 5.91 Å². The van der Waals surface area contributed by atoms with Crippen LogP contribution in [0.4, 0.5) is 18.9 Å². The van der Waals surface area contributed by atoms with Crippen LogP contribution in [0.15, 0.2) is 42.5 Å². The highest BCUT2D eigenvalue weighted by Crippen LogP contribution is 2.33. The smallest absolute Gasteiger partial charge is 0.366 e. The molecule has 0 saturated heterocycles. The third-order valence-electron chi connectivity index (χ3n) is 3.23. The number of hydrogen-bond donors (Lipinski definition) is 2. The summed E-state index contributed by atoms with van der Waals surface area (Å²) < 4.78 is 38.6. The maximum absolute atomic E-state index is 12.9. The van der Waals surface area contributed by atoms with Crippen LogP contribution in [0.3, 0.4) is 0 Å². The van der Waals surface area contributed by atoms with Gasteiger partial charge in [0.2, 0.25) is 5.91 Å². The Hall–Kier alpha value is -2.83. The van der Waals surface area contributed by atoms with Gasteiger partial charge in [-0.1, -0.05) is 6.07 Å². The molecular formula is C16H13F3N2O2. The third kappa shape index (κ3) is 3.88. The lowest BCUT2D eigenvalue weighted by molar-refractivity contribution is -0.138. The Balaban J connectivity index is 2.22. The van der Waals surface area contributed by atoms with Gasteiger partial charge in [0.1, 0.15) is 0 Å². The van der Waals surface area contributed by atoms with Gasteiger partial charge in [-0.3, -0.25) is 9.59 Å². The molecule has 120 valence electrons. The molecule has 23 heavy (non-hydrogen) atoms. The van der Waals surface area contributed by atoms with Crippen LogP contribution in [0.5, 0.6) is 0 Å². The second-order valence-electron chi connectivity index (χ2n) is 4.92. The van der Waals surface area contributed by atoms with Crippen molar-refractivity contribution < 1.29 is 22.8 Å². The lowest BCUT2D eigenvalue weighted by atomic mass is 10.1. The molecule has 0 aliphatic heterocycles. The first kappa shape index (κ1) is 16.5. The highest BCUT2D eigenvalue weighted by Gasteiger charge is 2.32. The molecule has 2 amide bonds. The summed E-state index contributed by atoms with van der Waals surface area (Å²) in [5.74, 6) is -1.22. The van der Waals surface area contributed by atoms with Crippen molar-refractivity contribution in [2.24, 2.45) is 5.73 Å². The first-order chi connectivity index (χ1) is 10.7. The van der Waals surface area contributed by atoms with Crippen LogP contribution in [0.1, 0.15) is 31.8 Å². The lowest BCUT2D eigenvalue weighted by Gasteiger charge is -2.13. The highest BCUT2D eigenvalue weighted by atomic mass is 19.4. The second-order valence-corrected chi connectivity index (χ2v) is 4.92. The Kier molecular flexibility index (Phi) is 4.40. The van der Waals surface area contributed by atoms with E-state index in [2.05, 4.69) is 5.32 Å². The quantitative estimate of drug-likeness (QED) is 0.909. The molecule has 7 heteroatoms. The zero-order valence-corrected chi connectivity index (χ0v) is 12.1. The van der Waals surface area contributed by atoms with E-state index in [0.717, 1.165) is 6.07 Å². The van der Waals surface area contributed by atoms with Crippen LogP contribution < -0.4 is 11.1 Å².